The first kappa shape index (κ1) is 8.40. The number of aromatic nitrogens is 2. The lowest BCUT2D eigenvalue weighted by Gasteiger charge is -2.24. The van der Waals surface area contributed by atoms with E-state index in [-0.39, 0.29) is 6.04 Å². The van der Waals surface area contributed by atoms with Crippen LogP contribution in [0.2, 0.25) is 0 Å². The molecule has 0 aliphatic carbocycles. The number of ether oxygens (including phenoxy) is 1. The minimum absolute atomic E-state index is 0.157. The SMILES string of the molecule is Nc1nnccc1C1COCCN1. The second-order valence-corrected chi connectivity index (χ2v) is 2.95. The van der Waals surface area contributed by atoms with Gasteiger partial charge < -0.3 is 15.8 Å². The van der Waals surface area contributed by atoms with Gasteiger partial charge in [-0.1, -0.05) is 0 Å². The van der Waals surface area contributed by atoms with Crippen LogP contribution >= 0.6 is 0 Å². The largest absolute Gasteiger partial charge is 0.382 e. The molecule has 3 N–H and O–H groups in total. The Balaban J connectivity index is 2.18. The van der Waals surface area contributed by atoms with Crippen LogP contribution in [0, 0.1) is 0 Å². The molecule has 0 amide bonds. The molecule has 0 saturated carbocycles. The second kappa shape index (κ2) is 3.68. The topological polar surface area (TPSA) is 73.1 Å². The molecule has 70 valence electrons. The molecule has 1 aliphatic rings. The van der Waals surface area contributed by atoms with Gasteiger partial charge in [0.2, 0.25) is 0 Å². The van der Waals surface area contributed by atoms with E-state index in [1.165, 1.54) is 0 Å². The van der Waals surface area contributed by atoms with Crippen molar-refractivity contribution < 1.29 is 4.74 Å². The lowest BCUT2D eigenvalue weighted by atomic mass is 10.1. The van der Waals surface area contributed by atoms with E-state index < -0.39 is 0 Å². The van der Waals surface area contributed by atoms with Gasteiger partial charge in [-0.05, 0) is 6.07 Å². The van der Waals surface area contributed by atoms with E-state index in [0.29, 0.717) is 12.4 Å². The summed E-state index contributed by atoms with van der Waals surface area (Å²) >= 11 is 0. The van der Waals surface area contributed by atoms with E-state index in [0.717, 1.165) is 18.7 Å². The Morgan fingerprint density at radius 1 is 1.62 bits per heavy atom. The fourth-order valence-corrected chi connectivity index (χ4v) is 1.41. The van der Waals surface area contributed by atoms with Crippen molar-refractivity contribution in [3.05, 3.63) is 17.8 Å². The predicted octanol–water partition coefficient (Wildman–Crippen LogP) is -0.280. The lowest BCUT2D eigenvalue weighted by molar-refractivity contribution is 0.0769. The molecule has 1 atom stereocenters. The Morgan fingerprint density at radius 2 is 2.54 bits per heavy atom. The van der Waals surface area contributed by atoms with Crippen LogP contribution in [0.5, 0.6) is 0 Å². The molecule has 0 spiro atoms. The summed E-state index contributed by atoms with van der Waals surface area (Å²) in [7, 11) is 0. The van der Waals surface area contributed by atoms with Crippen LogP contribution in [0.25, 0.3) is 0 Å². The van der Waals surface area contributed by atoms with E-state index in [1.807, 2.05) is 6.07 Å². The van der Waals surface area contributed by atoms with Crippen molar-refractivity contribution in [3.8, 4) is 0 Å². The smallest absolute Gasteiger partial charge is 0.150 e. The number of anilines is 1. The summed E-state index contributed by atoms with van der Waals surface area (Å²) in [6, 6.07) is 2.03. The van der Waals surface area contributed by atoms with Crippen molar-refractivity contribution in [2.24, 2.45) is 0 Å². The van der Waals surface area contributed by atoms with Crippen molar-refractivity contribution in [3.63, 3.8) is 0 Å². The Labute approximate surface area is 76.3 Å². The van der Waals surface area contributed by atoms with Gasteiger partial charge >= 0.3 is 0 Å². The van der Waals surface area contributed by atoms with Gasteiger partial charge in [0, 0.05) is 12.1 Å². The van der Waals surface area contributed by atoms with Crippen LogP contribution in [0.3, 0.4) is 0 Å². The van der Waals surface area contributed by atoms with Crippen LogP contribution < -0.4 is 11.1 Å². The van der Waals surface area contributed by atoms with E-state index in [9.17, 15) is 0 Å². The number of nitrogens with two attached hydrogens (primary N) is 1. The molecular formula is C8H12N4O. The zero-order chi connectivity index (χ0) is 9.10. The van der Waals surface area contributed by atoms with Gasteiger partial charge in [-0.25, -0.2) is 0 Å². The number of nitrogens with zero attached hydrogens (tertiary/aromatic N) is 2. The van der Waals surface area contributed by atoms with E-state index in [1.54, 1.807) is 6.20 Å². The summed E-state index contributed by atoms with van der Waals surface area (Å²) in [5.74, 6) is 0.477. The monoisotopic (exact) mass is 180 g/mol. The first-order chi connectivity index (χ1) is 6.38. The Bertz CT molecular complexity index is 285. The Kier molecular flexibility index (Phi) is 2.37. The molecule has 5 nitrogen and oxygen atoms in total. The first-order valence-electron chi connectivity index (χ1n) is 4.26. The molecule has 1 aromatic rings. The summed E-state index contributed by atoms with van der Waals surface area (Å²) in [4.78, 5) is 0. The Morgan fingerprint density at radius 3 is 3.23 bits per heavy atom. The molecule has 1 aromatic heterocycles. The van der Waals surface area contributed by atoms with Gasteiger partial charge in [0.15, 0.2) is 5.82 Å². The number of morpholine rings is 1. The minimum atomic E-state index is 0.157. The van der Waals surface area contributed by atoms with Crippen LogP contribution in [0.1, 0.15) is 11.6 Å². The van der Waals surface area contributed by atoms with Gasteiger partial charge in [0.05, 0.1) is 25.5 Å². The summed E-state index contributed by atoms with van der Waals surface area (Å²) < 4.78 is 5.33. The highest BCUT2D eigenvalue weighted by atomic mass is 16.5. The van der Waals surface area contributed by atoms with Crippen molar-refractivity contribution >= 4 is 5.82 Å². The summed E-state index contributed by atoms with van der Waals surface area (Å²) in [5, 5.41) is 10.8. The normalized spacial score (nSPS) is 22.9. The quantitative estimate of drug-likeness (QED) is 0.621. The maximum Gasteiger partial charge on any atom is 0.150 e. The van der Waals surface area contributed by atoms with Gasteiger partial charge in [-0.2, -0.15) is 5.10 Å². The van der Waals surface area contributed by atoms with Crippen molar-refractivity contribution in [1.29, 1.82) is 0 Å². The molecule has 13 heavy (non-hydrogen) atoms. The maximum absolute atomic E-state index is 5.68. The molecule has 1 unspecified atom stereocenters. The summed E-state index contributed by atoms with van der Waals surface area (Å²) in [6.45, 7) is 2.26. The lowest BCUT2D eigenvalue weighted by Crippen LogP contribution is -2.35. The van der Waals surface area contributed by atoms with Gasteiger partial charge in [0.25, 0.3) is 0 Å². The van der Waals surface area contributed by atoms with E-state index in [4.69, 9.17) is 10.5 Å². The molecule has 2 rings (SSSR count). The molecule has 0 aromatic carbocycles. The third-order valence-electron chi connectivity index (χ3n) is 2.08. The second-order valence-electron chi connectivity index (χ2n) is 2.95. The van der Waals surface area contributed by atoms with Crippen molar-refractivity contribution in [2.45, 2.75) is 6.04 Å². The molecule has 1 fully saturated rings. The molecule has 0 radical (unpaired) electrons. The van der Waals surface area contributed by atoms with Crippen LogP contribution in [-0.2, 0) is 4.74 Å². The van der Waals surface area contributed by atoms with Crippen LogP contribution in [0.15, 0.2) is 12.3 Å². The van der Waals surface area contributed by atoms with E-state index >= 15 is 0 Å². The van der Waals surface area contributed by atoms with Crippen LogP contribution in [-0.4, -0.2) is 30.0 Å². The highest BCUT2D eigenvalue weighted by Gasteiger charge is 2.17. The third kappa shape index (κ3) is 1.76. The van der Waals surface area contributed by atoms with Crippen molar-refractivity contribution in [2.75, 3.05) is 25.5 Å². The minimum Gasteiger partial charge on any atom is -0.382 e. The first-order valence-corrected chi connectivity index (χ1v) is 4.26. The highest BCUT2D eigenvalue weighted by Crippen LogP contribution is 2.18. The van der Waals surface area contributed by atoms with Crippen molar-refractivity contribution in [1.82, 2.24) is 15.5 Å². The average molecular weight is 180 g/mol. The van der Waals surface area contributed by atoms with Gasteiger partial charge in [0.1, 0.15) is 0 Å². The summed E-state index contributed by atoms with van der Waals surface area (Å²) in [5.41, 5.74) is 6.65. The van der Waals surface area contributed by atoms with E-state index in [2.05, 4.69) is 15.5 Å². The molecule has 0 bridgehead atoms. The molecule has 5 heteroatoms. The summed E-state index contributed by atoms with van der Waals surface area (Å²) in [6.07, 6.45) is 1.64. The highest BCUT2D eigenvalue weighted by molar-refractivity contribution is 5.39. The number of hydrogen-bond donors (Lipinski definition) is 2. The Hall–Kier alpha value is -1.20. The fraction of sp³-hybridized carbons (Fsp3) is 0.500. The number of nitrogen functional groups attached to an aromatic ring is 1. The van der Waals surface area contributed by atoms with Gasteiger partial charge in [-0.15, -0.1) is 5.10 Å². The molecule has 1 aliphatic heterocycles. The zero-order valence-corrected chi connectivity index (χ0v) is 7.23. The number of hydrogen-bond acceptors (Lipinski definition) is 5. The molecule has 1 saturated heterocycles. The maximum atomic E-state index is 5.68. The molecular weight excluding hydrogens is 168 g/mol. The fourth-order valence-electron chi connectivity index (χ4n) is 1.41. The molecule has 2 heterocycles. The third-order valence-corrected chi connectivity index (χ3v) is 2.08. The number of nitrogens with one attached hydrogen (secondary N) is 1. The predicted molar refractivity (Wildman–Crippen MR) is 48.0 cm³/mol. The average Bonchev–Trinajstić information content (AvgIpc) is 2.20. The van der Waals surface area contributed by atoms with Gasteiger partial charge in [-0.3, -0.25) is 0 Å². The number of rotatable bonds is 1. The standard InChI is InChI=1S/C8H12N4O/c9-8-6(1-2-11-12-8)7-5-13-4-3-10-7/h1-2,7,10H,3-5H2,(H2,9,12). The van der Waals surface area contributed by atoms with Crippen LogP contribution in [0.4, 0.5) is 5.82 Å². The zero-order valence-electron chi connectivity index (χ0n) is 7.23.